The van der Waals surface area contributed by atoms with Crippen molar-refractivity contribution in [3.05, 3.63) is 41.7 Å². The van der Waals surface area contributed by atoms with E-state index in [0.717, 1.165) is 31.4 Å². The molecule has 0 saturated carbocycles. The summed E-state index contributed by atoms with van der Waals surface area (Å²) in [6.07, 6.45) is 4.42. The zero-order chi connectivity index (χ0) is 11.7. The van der Waals surface area contributed by atoms with Crippen LogP contribution in [0.3, 0.4) is 0 Å². The first kappa shape index (κ1) is 10.5. The van der Waals surface area contributed by atoms with Crippen molar-refractivity contribution in [1.29, 1.82) is 0 Å². The van der Waals surface area contributed by atoms with E-state index in [-0.39, 0.29) is 0 Å². The minimum atomic E-state index is 0.979. The molecule has 0 amide bonds. The van der Waals surface area contributed by atoms with Crippen molar-refractivity contribution in [3.63, 3.8) is 0 Å². The lowest BCUT2D eigenvalue weighted by molar-refractivity contribution is 0.681. The third kappa shape index (κ3) is 1.98. The Balaban J connectivity index is 1.95. The normalized spacial score (nSPS) is 16.2. The van der Waals surface area contributed by atoms with Crippen LogP contribution in [0.25, 0.3) is 11.0 Å². The van der Waals surface area contributed by atoms with Crippen LogP contribution in [0.15, 0.2) is 35.9 Å². The maximum atomic E-state index is 4.71. The van der Waals surface area contributed by atoms with Crippen molar-refractivity contribution in [2.45, 2.75) is 12.8 Å². The van der Waals surface area contributed by atoms with Crippen molar-refractivity contribution < 1.29 is 0 Å². The molecule has 2 aromatic rings. The van der Waals surface area contributed by atoms with Crippen molar-refractivity contribution in [2.24, 2.45) is 7.05 Å². The van der Waals surface area contributed by atoms with Gasteiger partial charge in [0.05, 0.1) is 11.0 Å². The standard InChI is InChI=1S/C14H17N3/c1-17-13-5-3-2-4-12(13)16-14(17)10-11-6-8-15-9-7-11/h2-6,15H,7-10H2,1H3. The number of fused-ring (bicyclic) bond motifs is 1. The highest BCUT2D eigenvalue weighted by Crippen LogP contribution is 2.18. The number of imidazole rings is 1. The van der Waals surface area contributed by atoms with E-state index in [4.69, 9.17) is 4.98 Å². The van der Waals surface area contributed by atoms with Gasteiger partial charge in [0.25, 0.3) is 0 Å². The second-order valence-corrected chi connectivity index (χ2v) is 4.57. The molecule has 0 unspecified atom stereocenters. The molecule has 1 aliphatic heterocycles. The van der Waals surface area contributed by atoms with Gasteiger partial charge in [-0.25, -0.2) is 4.98 Å². The molecule has 3 rings (SSSR count). The van der Waals surface area contributed by atoms with Crippen LogP contribution in [0, 0.1) is 0 Å². The third-order valence-corrected chi connectivity index (χ3v) is 3.42. The summed E-state index contributed by atoms with van der Waals surface area (Å²) in [6.45, 7) is 2.09. The lowest BCUT2D eigenvalue weighted by atomic mass is 10.1. The number of nitrogens with zero attached hydrogens (tertiary/aromatic N) is 2. The van der Waals surface area contributed by atoms with Gasteiger partial charge in [-0.3, -0.25) is 0 Å². The number of hydrogen-bond donors (Lipinski definition) is 1. The summed E-state index contributed by atoms with van der Waals surface area (Å²) in [5.74, 6) is 1.17. The summed E-state index contributed by atoms with van der Waals surface area (Å²) in [5.41, 5.74) is 3.82. The number of rotatable bonds is 2. The lowest BCUT2D eigenvalue weighted by Crippen LogP contribution is -2.21. The highest BCUT2D eigenvalue weighted by Gasteiger charge is 2.10. The summed E-state index contributed by atoms with van der Waals surface area (Å²) < 4.78 is 2.21. The largest absolute Gasteiger partial charge is 0.331 e. The molecular weight excluding hydrogens is 210 g/mol. The average Bonchev–Trinajstić information content (AvgIpc) is 2.68. The van der Waals surface area contributed by atoms with Crippen LogP contribution in [-0.4, -0.2) is 22.6 Å². The molecule has 1 aromatic carbocycles. The van der Waals surface area contributed by atoms with Crippen LogP contribution in [-0.2, 0) is 13.5 Å². The Morgan fingerprint density at radius 2 is 2.24 bits per heavy atom. The fraction of sp³-hybridized carbons (Fsp3) is 0.357. The van der Waals surface area contributed by atoms with E-state index in [2.05, 4.69) is 41.2 Å². The zero-order valence-electron chi connectivity index (χ0n) is 10.1. The van der Waals surface area contributed by atoms with Crippen molar-refractivity contribution in [1.82, 2.24) is 14.9 Å². The molecule has 0 bridgehead atoms. The number of aromatic nitrogens is 2. The van der Waals surface area contributed by atoms with Gasteiger partial charge in [-0.15, -0.1) is 0 Å². The fourth-order valence-electron chi connectivity index (χ4n) is 2.39. The van der Waals surface area contributed by atoms with Crippen LogP contribution < -0.4 is 5.32 Å². The Hall–Kier alpha value is -1.61. The second kappa shape index (κ2) is 4.34. The molecular formula is C14H17N3. The number of hydrogen-bond acceptors (Lipinski definition) is 2. The van der Waals surface area contributed by atoms with Crippen LogP contribution in [0.5, 0.6) is 0 Å². The summed E-state index contributed by atoms with van der Waals surface area (Å²) >= 11 is 0. The molecule has 0 radical (unpaired) electrons. The first-order valence-electron chi connectivity index (χ1n) is 6.13. The van der Waals surface area contributed by atoms with Crippen molar-refractivity contribution >= 4 is 11.0 Å². The van der Waals surface area contributed by atoms with Gasteiger partial charge < -0.3 is 9.88 Å². The molecule has 2 heterocycles. The van der Waals surface area contributed by atoms with E-state index in [1.54, 1.807) is 0 Å². The van der Waals surface area contributed by atoms with Gasteiger partial charge >= 0.3 is 0 Å². The average molecular weight is 227 g/mol. The fourth-order valence-corrected chi connectivity index (χ4v) is 2.39. The predicted molar refractivity (Wildman–Crippen MR) is 70.0 cm³/mol. The molecule has 3 nitrogen and oxygen atoms in total. The topological polar surface area (TPSA) is 29.9 Å². The van der Waals surface area contributed by atoms with Crippen LogP contribution >= 0.6 is 0 Å². The minimum absolute atomic E-state index is 0.979. The molecule has 0 atom stereocenters. The van der Waals surface area contributed by atoms with E-state index in [1.807, 2.05) is 6.07 Å². The molecule has 0 saturated heterocycles. The summed E-state index contributed by atoms with van der Waals surface area (Å²) in [4.78, 5) is 4.71. The Morgan fingerprint density at radius 3 is 3.00 bits per heavy atom. The zero-order valence-corrected chi connectivity index (χ0v) is 10.1. The minimum Gasteiger partial charge on any atom is -0.331 e. The molecule has 1 aliphatic rings. The van der Waals surface area contributed by atoms with E-state index < -0.39 is 0 Å². The van der Waals surface area contributed by atoms with Crippen LogP contribution in [0.4, 0.5) is 0 Å². The van der Waals surface area contributed by atoms with Gasteiger partial charge in [-0.05, 0) is 25.1 Å². The van der Waals surface area contributed by atoms with E-state index in [0.29, 0.717) is 0 Å². The number of aryl methyl sites for hydroxylation is 1. The van der Waals surface area contributed by atoms with E-state index in [1.165, 1.54) is 16.9 Å². The van der Waals surface area contributed by atoms with Gasteiger partial charge in [-0.1, -0.05) is 23.8 Å². The lowest BCUT2D eigenvalue weighted by Gasteiger charge is -2.13. The molecule has 1 aromatic heterocycles. The Bertz CT molecular complexity index is 566. The predicted octanol–water partition coefficient (Wildman–Crippen LogP) is 2.04. The monoisotopic (exact) mass is 227 g/mol. The smallest absolute Gasteiger partial charge is 0.113 e. The third-order valence-electron chi connectivity index (χ3n) is 3.42. The molecule has 1 N–H and O–H groups in total. The summed E-state index contributed by atoms with van der Waals surface area (Å²) in [6, 6.07) is 8.32. The maximum absolute atomic E-state index is 4.71. The quantitative estimate of drug-likeness (QED) is 0.796. The summed E-state index contributed by atoms with van der Waals surface area (Å²) in [5, 5.41) is 3.34. The SMILES string of the molecule is Cn1c(CC2=CCNCC2)nc2ccccc21. The molecule has 88 valence electrons. The van der Waals surface area contributed by atoms with E-state index in [9.17, 15) is 0 Å². The highest BCUT2D eigenvalue weighted by molar-refractivity contribution is 5.75. The van der Waals surface area contributed by atoms with Crippen LogP contribution in [0.1, 0.15) is 12.2 Å². The first-order valence-corrected chi connectivity index (χ1v) is 6.13. The van der Waals surface area contributed by atoms with Gasteiger partial charge in [0.15, 0.2) is 0 Å². The van der Waals surface area contributed by atoms with Gasteiger partial charge in [-0.2, -0.15) is 0 Å². The highest BCUT2D eigenvalue weighted by atomic mass is 15.1. The molecule has 17 heavy (non-hydrogen) atoms. The maximum Gasteiger partial charge on any atom is 0.113 e. The Morgan fingerprint density at radius 1 is 1.35 bits per heavy atom. The van der Waals surface area contributed by atoms with Crippen molar-refractivity contribution in [2.75, 3.05) is 13.1 Å². The number of para-hydroxylation sites is 2. The molecule has 0 spiro atoms. The summed E-state index contributed by atoms with van der Waals surface area (Å²) in [7, 11) is 2.10. The number of benzene rings is 1. The second-order valence-electron chi connectivity index (χ2n) is 4.57. The molecule has 0 fully saturated rings. The number of nitrogens with one attached hydrogen (secondary N) is 1. The van der Waals surface area contributed by atoms with E-state index >= 15 is 0 Å². The molecule has 3 heteroatoms. The Kier molecular flexibility index (Phi) is 2.69. The molecule has 0 aliphatic carbocycles. The van der Waals surface area contributed by atoms with Gasteiger partial charge in [0.1, 0.15) is 5.82 Å². The van der Waals surface area contributed by atoms with Gasteiger partial charge in [0.2, 0.25) is 0 Å². The van der Waals surface area contributed by atoms with Gasteiger partial charge in [0, 0.05) is 20.0 Å². The Labute approximate surface area is 101 Å². The van der Waals surface area contributed by atoms with Crippen LogP contribution in [0.2, 0.25) is 0 Å². The van der Waals surface area contributed by atoms with Crippen molar-refractivity contribution in [3.8, 4) is 0 Å². The first-order chi connectivity index (χ1) is 8.34.